The summed E-state index contributed by atoms with van der Waals surface area (Å²) in [7, 11) is 38.2. The van der Waals surface area contributed by atoms with Crippen molar-refractivity contribution in [3.8, 4) is 16.9 Å². The van der Waals surface area contributed by atoms with E-state index in [2.05, 4.69) is 14.3 Å². The van der Waals surface area contributed by atoms with Gasteiger partial charge in [0.25, 0.3) is 11.9 Å². The molecule has 0 aliphatic heterocycles. The maximum Gasteiger partial charge on any atom is 0.378 e. The highest BCUT2D eigenvalue weighted by Crippen LogP contribution is 2.23. The Kier molecular flexibility index (Phi) is 6.42. The number of carbonyl (C=O) groups is 2. The molecular formula is C14H4B7FN2O4. The molecule has 2 aromatic rings. The molecule has 1 amide bonds. The molecule has 0 saturated heterocycles. The molecule has 0 unspecified atom stereocenters. The van der Waals surface area contributed by atoms with E-state index in [1.165, 1.54) is 18.2 Å². The second-order valence-corrected chi connectivity index (χ2v) is 5.50. The van der Waals surface area contributed by atoms with Gasteiger partial charge in [-0.25, -0.2) is 4.39 Å². The van der Waals surface area contributed by atoms with Gasteiger partial charge >= 0.3 is 16.1 Å². The molecule has 0 aliphatic carbocycles. The zero-order chi connectivity index (χ0) is 21.2. The van der Waals surface area contributed by atoms with Crippen LogP contribution in [0.5, 0.6) is 5.75 Å². The lowest BCUT2D eigenvalue weighted by Crippen LogP contribution is -2.58. The Morgan fingerprint density at radius 3 is 2.36 bits per heavy atom. The Morgan fingerprint density at radius 2 is 1.82 bits per heavy atom. The normalized spacial score (nSPS) is 10.9. The first kappa shape index (κ1) is 21.8. The maximum absolute atomic E-state index is 13.5. The summed E-state index contributed by atoms with van der Waals surface area (Å²) >= 11 is 0. The third-order valence-electron chi connectivity index (χ3n) is 3.70. The van der Waals surface area contributed by atoms with E-state index in [-0.39, 0.29) is 27.0 Å². The molecule has 14 radical (unpaired) electrons. The van der Waals surface area contributed by atoms with Crippen LogP contribution >= 0.6 is 0 Å². The highest BCUT2D eigenvalue weighted by Gasteiger charge is 2.36. The van der Waals surface area contributed by atoms with Crippen molar-refractivity contribution in [2.75, 3.05) is 0 Å². The summed E-state index contributed by atoms with van der Waals surface area (Å²) in [6.07, 6.45) is 0. The Balaban J connectivity index is 2.61. The largest absolute Gasteiger partial charge is 0.567 e. The summed E-state index contributed by atoms with van der Waals surface area (Å²) in [4.78, 5) is 28.1. The highest BCUT2D eigenvalue weighted by molar-refractivity contribution is 6.54. The molecule has 0 N–H and O–H groups in total. The zero-order valence-electron chi connectivity index (χ0n) is 14.3. The molecule has 28 heavy (non-hydrogen) atoms. The molecule has 122 valence electrons. The van der Waals surface area contributed by atoms with Crippen LogP contribution in [-0.2, 0) is 9.45 Å². The molecule has 2 rings (SSSR count). The van der Waals surface area contributed by atoms with Gasteiger partial charge in [-0.05, 0) is 34.3 Å². The van der Waals surface area contributed by atoms with Crippen LogP contribution in [0.2, 0.25) is 0 Å². The smallest absolute Gasteiger partial charge is 0.378 e. The fraction of sp³-hybridized carbons (Fsp3) is 0.0714. The molecule has 14 heteroatoms. The lowest BCUT2D eigenvalue weighted by Gasteiger charge is -2.35. The number of rotatable bonds is 5. The van der Waals surface area contributed by atoms with Gasteiger partial charge in [-0.1, -0.05) is 12.1 Å². The quantitative estimate of drug-likeness (QED) is 0.536. The first-order valence-corrected chi connectivity index (χ1v) is 7.36. The summed E-state index contributed by atoms with van der Waals surface area (Å²) in [5.41, 5.74) is -0.873. The molecule has 0 spiro atoms. The Bertz CT molecular complexity index is 944. The molecule has 6 nitrogen and oxygen atoms in total. The molecule has 0 fully saturated rings. The second-order valence-electron chi connectivity index (χ2n) is 5.50. The van der Waals surface area contributed by atoms with Crippen LogP contribution in [0.4, 0.5) is 4.39 Å². The predicted octanol–water partition coefficient (Wildman–Crippen LogP) is -2.92. The van der Waals surface area contributed by atoms with Crippen LogP contribution in [0.25, 0.3) is 11.1 Å². The fourth-order valence-electron chi connectivity index (χ4n) is 2.29. The van der Waals surface area contributed by atoms with Crippen LogP contribution in [-0.4, -0.2) is 82.5 Å². The number of halogens is 1. The second kappa shape index (κ2) is 8.25. The van der Waals surface area contributed by atoms with Crippen molar-refractivity contribution in [3.63, 3.8) is 0 Å². The number of benzene rings is 1. The van der Waals surface area contributed by atoms with Crippen molar-refractivity contribution in [3.05, 3.63) is 35.8 Å². The third-order valence-corrected chi connectivity index (χ3v) is 3.70. The first-order chi connectivity index (χ1) is 13.1. The number of hydrogen-bond donors (Lipinski definition) is 0. The first-order valence-electron chi connectivity index (χ1n) is 7.36. The van der Waals surface area contributed by atoms with Gasteiger partial charge in [-0.3, -0.25) is 14.6 Å². The number of carbonyl (C=O) groups excluding carboxylic acids is 2. The van der Waals surface area contributed by atoms with Crippen LogP contribution in [0, 0.1) is 5.82 Å². The van der Waals surface area contributed by atoms with Crippen molar-refractivity contribution in [1.82, 2.24) is 9.79 Å². The standard InChI is InChI=1S/C14H4B7FN2O4/c15-8-7(5-2-1-3-6(22)4-5)11(16)23-9(10(8)27-20)12(25)24(19)14(17,18)13(26)28-21/h1-4H. The summed E-state index contributed by atoms with van der Waals surface area (Å²) < 4.78 is 22.1. The lowest BCUT2D eigenvalue weighted by atomic mass is 9.59. The van der Waals surface area contributed by atoms with E-state index in [4.69, 9.17) is 55.5 Å². The van der Waals surface area contributed by atoms with Crippen molar-refractivity contribution < 1.29 is 23.3 Å². The molecule has 0 saturated carbocycles. The number of nitrogens with zero attached hydrogens (tertiary/aromatic N) is 2. The summed E-state index contributed by atoms with van der Waals surface area (Å²) in [5, 5.41) is -2.66. The monoisotopic (exact) mass is 360 g/mol. The molecule has 0 aliphatic rings. The minimum atomic E-state index is -2.66. The minimum absolute atomic E-state index is 0.0493. The number of hydrogen-bond acceptors (Lipinski definition) is 5. The predicted molar refractivity (Wildman–Crippen MR) is 105 cm³/mol. The van der Waals surface area contributed by atoms with Gasteiger partial charge < -0.3 is 14.1 Å². The van der Waals surface area contributed by atoms with E-state index < -0.39 is 34.5 Å². The SMILES string of the molecule is [B]OC(=O)C([B])([B])N([B])C(=O)c1nc([B])c(-c2cccc(F)c2)c([B])c1O[B]. The van der Waals surface area contributed by atoms with Gasteiger partial charge in [0.1, 0.15) is 43.0 Å². The van der Waals surface area contributed by atoms with Gasteiger partial charge in [0.2, 0.25) is 7.98 Å². The average molecular weight is 359 g/mol. The van der Waals surface area contributed by atoms with Gasteiger partial charge in [-0.15, -0.1) is 0 Å². The van der Waals surface area contributed by atoms with E-state index in [0.29, 0.717) is 0 Å². The Morgan fingerprint density at radius 1 is 1.18 bits per heavy atom. The van der Waals surface area contributed by atoms with E-state index >= 15 is 0 Å². The number of amides is 1. The van der Waals surface area contributed by atoms with Crippen molar-refractivity contribution in [2.24, 2.45) is 0 Å². The lowest BCUT2D eigenvalue weighted by molar-refractivity contribution is -0.136. The summed E-state index contributed by atoms with van der Waals surface area (Å²) in [5.74, 6) is -3.72. The van der Waals surface area contributed by atoms with Gasteiger partial charge in [0.05, 0.1) is 0 Å². The van der Waals surface area contributed by atoms with Crippen molar-refractivity contribution >= 4 is 78.4 Å². The van der Waals surface area contributed by atoms with Crippen LogP contribution in [0.15, 0.2) is 24.3 Å². The molecule has 0 atom stereocenters. The van der Waals surface area contributed by atoms with Gasteiger partial charge in [0.15, 0.2) is 5.69 Å². The summed E-state index contributed by atoms with van der Waals surface area (Å²) in [6.45, 7) is 0. The average Bonchev–Trinajstić information content (AvgIpc) is 2.65. The zero-order valence-corrected chi connectivity index (χ0v) is 14.3. The highest BCUT2D eigenvalue weighted by atomic mass is 19.1. The number of pyridine rings is 1. The Labute approximate surface area is 169 Å². The number of aromatic nitrogens is 1. The molecular weight excluding hydrogens is 355 g/mol. The fourth-order valence-corrected chi connectivity index (χ4v) is 2.29. The molecule has 1 aromatic carbocycles. The summed E-state index contributed by atoms with van der Waals surface area (Å²) in [6, 6.07) is 5.23. The minimum Gasteiger partial charge on any atom is -0.567 e. The van der Waals surface area contributed by atoms with E-state index in [9.17, 15) is 14.0 Å². The van der Waals surface area contributed by atoms with Crippen LogP contribution in [0.3, 0.4) is 0 Å². The Hall–Kier alpha value is -2.51. The third kappa shape index (κ3) is 3.86. The van der Waals surface area contributed by atoms with Crippen LogP contribution in [0.1, 0.15) is 10.5 Å². The van der Waals surface area contributed by atoms with Crippen molar-refractivity contribution in [2.45, 2.75) is 5.34 Å². The van der Waals surface area contributed by atoms with Gasteiger partial charge in [0, 0.05) is 5.34 Å². The van der Waals surface area contributed by atoms with E-state index in [1.54, 1.807) is 0 Å². The maximum atomic E-state index is 13.5. The van der Waals surface area contributed by atoms with E-state index in [1.807, 2.05) is 0 Å². The van der Waals surface area contributed by atoms with Crippen molar-refractivity contribution in [1.29, 1.82) is 0 Å². The van der Waals surface area contributed by atoms with Gasteiger partial charge in [-0.2, -0.15) is 0 Å². The van der Waals surface area contributed by atoms with Crippen LogP contribution < -0.4 is 15.7 Å². The molecule has 0 bridgehead atoms. The molecule has 1 heterocycles. The van der Waals surface area contributed by atoms with E-state index in [0.717, 1.165) is 6.07 Å². The topological polar surface area (TPSA) is 68.7 Å². The molecule has 1 aromatic heterocycles.